The van der Waals surface area contributed by atoms with Crippen molar-refractivity contribution in [2.24, 2.45) is 0 Å². The maximum absolute atomic E-state index is 11.5. The molecule has 1 aliphatic heterocycles. The Balaban J connectivity index is 2.73. The molecule has 0 aromatic heterocycles. The smallest absolute Gasteiger partial charge is 0.330 e. The summed E-state index contributed by atoms with van der Waals surface area (Å²) in [6.07, 6.45) is 2.97. The van der Waals surface area contributed by atoms with Crippen molar-refractivity contribution in [1.29, 1.82) is 0 Å². The molecule has 1 amide bonds. The van der Waals surface area contributed by atoms with E-state index in [4.69, 9.17) is 5.11 Å². The molecule has 0 radical (unpaired) electrons. The molecule has 0 aliphatic carbocycles. The van der Waals surface area contributed by atoms with E-state index < -0.39 is 12.0 Å². The van der Waals surface area contributed by atoms with Crippen molar-refractivity contribution in [2.75, 3.05) is 6.54 Å². The molecule has 1 aliphatic rings. The minimum absolute atomic E-state index is 0.0759. The number of carboxylic acid groups (broad SMARTS) is 1. The Kier molecular flexibility index (Phi) is 3.28. The molecule has 14 heavy (non-hydrogen) atoms. The molecule has 1 rings (SSSR count). The zero-order valence-corrected chi connectivity index (χ0v) is 8.49. The van der Waals surface area contributed by atoms with Crippen molar-refractivity contribution < 1.29 is 14.7 Å². The fourth-order valence-electron chi connectivity index (χ4n) is 1.64. The van der Waals surface area contributed by atoms with Crippen molar-refractivity contribution in [2.45, 2.75) is 32.7 Å². The number of aliphatic carboxylic acids is 1. The van der Waals surface area contributed by atoms with Gasteiger partial charge in [-0.05, 0) is 18.9 Å². The Labute approximate surface area is 83.2 Å². The van der Waals surface area contributed by atoms with Crippen LogP contribution in [0, 0.1) is 0 Å². The second-order valence-electron chi connectivity index (χ2n) is 3.49. The Bertz CT molecular complexity index is 283. The molecule has 0 fully saturated rings. The van der Waals surface area contributed by atoms with Gasteiger partial charge in [0.15, 0.2) is 6.04 Å². The number of carbonyl (C=O) groups excluding carboxylic acids is 1. The van der Waals surface area contributed by atoms with Crippen LogP contribution >= 0.6 is 0 Å². The first kappa shape index (κ1) is 10.8. The molecule has 4 nitrogen and oxygen atoms in total. The number of nitrogens with zero attached hydrogens (tertiary/aromatic N) is 1. The van der Waals surface area contributed by atoms with Gasteiger partial charge in [0.1, 0.15) is 0 Å². The summed E-state index contributed by atoms with van der Waals surface area (Å²) in [5, 5.41) is 8.94. The van der Waals surface area contributed by atoms with Gasteiger partial charge in [0.2, 0.25) is 5.91 Å². The number of carbonyl (C=O) groups is 2. The third kappa shape index (κ3) is 1.95. The number of amides is 1. The first-order chi connectivity index (χ1) is 6.57. The normalized spacial score (nSPS) is 20.9. The highest BCUT2D eigenvalue weighted by molar-refractivity contribution is 5.87. The van der Waals surface area contributed by atoms with E-state index in [9.17, 15) is 9.59 Å². The van der Waals surface area contributed by atoms with Crippen molar-refractivity contribution in [3.63, 3.8) is 0 Å². The predicted molar refractivity (Wildman–Crippen MR) is 51.8 cm³/mol. The Morgan fingerprint density at radius 3 is 2.79 bits per heavy atom. The highest BCUT2D eigenvalue weighted by Crippen LogP contribution is 2.19. The van der Waals surface area contributed by atoms with Crippen LogP contribution in [0.1, 0.15) is 26.7 Å². The van der Waals surface area contributed by atoms with Crippen LogP contribution in [-0.2, 0) is 9.59 Å². The Morgan fingerprint density at radius 1 is 1.64 bits per heavy atom. The summed E-state index contributed by atoms with van der Waals surface area (Å²) < 4.78 is 0. The van der Waals surface area contributed by atoms with Crippen LogP contribution in [0.25, 0.3) is 0 Å². The first-order valence-electron chi connectivity index (χ1n) is 4.76. The molecule has 0 saturated heterocycles. The maximum Gasteiger partial charge on any atom is 0.330 e. The van der Waals surface area contributed by atoms with E-state index in [-0.39, 0.29) is 5.91 Å². The van der Waals surface area contributed by atoms with Crippen LogP contribution in [0.2, 0.25) is 0 Å². The van der Waals surface area contributed by atoms with Gasteiger partial charge in [0, 0.05) is 13.0 Å². The highest BCUT2D eigenvalue weighted by atomic mass is 16.4. The molecular weight excluding hydrogens is 182 g/mol. The van der Waals surface area contributed by atoms with Crippen molar-refractivity contribution in [1.82, 2.24) is 4.90 Å². The van der Waals surface area contributed by atoms with E-state index in [1.165, 1.54) is 4.90 Å². The van der Waals surface area contributed by atoms with Crippen LogP contribution in [0.5, 0.6) is 0 Å². The van der Waals surface area contributed by atoms with Crippen LogP contribution in [-0.4, -0.2) is 34.5 Å². The van der Waals surface area contributed by atoms with E-state index in [0.717, 1.165) is 12.0 Å². The van der Waals surface area contributed by atoms with E-state index in [0.29, 0.717) is 13.0 Å². The SMILES string of the molecule is CCCC(=O)N1CC=C(C)C1C(=O)O. The number of hydrogen-bond donors (Lipinski definition) is 1. The lowest BCUT2D eigenvalue weighted by Crippen LogP contribution is -2.42. The van der Waals surface area contributed by atoms with Gasteiger partial charge < -0.3 is 10.0 Å². The molecule has 1 heterocycles. The lowest BCUT2D eigenvalue weighted by atomic mass is 10.1. The third-order valence-corrected chi connectivity index (χ3v) is 2.37. The van der Waals surface area contributed by atoms with Gasteiger partial charge in [0.05, 0.1) is 0 Å². The third-order valence-electron chi connectivity index (χ3n) is 2.37. The molecule has 0 aromatic rings. The molecule has 0 spiro atoms. The van der Waals surface area contributed by atoms with Gasteiger partial charge in [-0.2, -0.15) is 0 Å². The van der Waals surface area contributed by atoms with E-state index >= 15 is 0 Å². The predicted octanol–water partition coefficient (Wildman–Crippen LogP) is 1.03. The standard InChI is InChI=1S/C10H15NO3/c1-3-4-8(12)11-6-5-7(2)9(11)10(13)14/h5,9H,3-4,6H2,1-2H3,(H,13,14). The average Bonchev–Trinajstić information content (AvgIpc) is 2.47. The van der Waals surface area contributed by atoms with Gasteiger partial charge in [-0.3, -0.25) is 4.79 Å². The van der Waals surface area contributed by atoms with Gasteiger partial charge >= 0.3 is 5.97 Å². The minimum atomic E-state index is -0.944. The lowest BCUT2D eigenvalue weighted by molar-refractivity contribution is -0.147. The van der Waals surface area contributed by atoms with Crippen molar-refractivity contribution in [3.05, 3.63) is 11.6 Å². The molecule has 1 unspecified atom stereocenters. The van der Waals surface area contributed by atoms with E-state index in [2.05, 4.69) is 0 Å². The fraction of sp³-hybridized carbons (Fsp3) is 0.600. The van der Waals surface area contributed by atoms with E-state index in [1.54, 1.807) is 13.0 Å². The molecule has 0 bridgehead atoms. The second-order valence-corrected chi connectivity index (χ2v) is 3.49. The van der Waals surface area contributed by atoms with Crippen LogP contribution in [0.4, 0.5) is 0 Å². The lowest BCUT2D eigenvalue weighted by Gasteiger charge is -2.22. The zero-order valence-electron chi connectivity index (χ0n) is 8.49. The van der Waals surface area contributed by atoms with Gasteiger partial charge in [0.25, 0.3) is 0 Å². The summed E-state index contributed by atoms with van der Waals surface area (Å²) in [5.74, 6) is -1.02. The van der Waals surface area contributed by atoms with Gasteiger partial charge in [-0.25, -0.2) is 4.79 Å². The summed E-state index contributed by atoms with van der Waals surface area (Å²) in [6, 6.07) is -0.742. The number of carboxylic acids is 1. The average molecular weight is 197 g/mol. The number of hydrogen-bond acceptors (Lipinski definition) is 2. The largest absolute Gasteiger partial charge is 0.479 e. The maximum atomic E-state index is 11.5. The summed E-state index contributed by atoms with van der Waals surface area (Å²) in [5.41, 5.74) is 0.752. The number of rotatable bonds is 3. The monoisotopic (exact) mass is 197 g/mol. The first-order valence-corrected chi connectivity index (χ1v) is 4.76. The minimum Gasteiger partial charge on any atom is -0.479 e. The van der Waals surface area contributed by atoms with E-state index in [1.807, 2.05) is 6.92 Å². The molecule has 78 valence electrons. The van der Waals surface area contributed by atoms with Gasteiger partial charge in [-0.1, -0.05) is 13.0 Å². The van der Waals surface area contributed by atoms with Crippen molar-refractivity contribution in [3.8, 4) is 0 Å². The molecule has 1 atom stereocenters. The zero-order chi connectivity index (χ0) is 10.7. The summed E-state index contributed by atoms with van der Waals surface area (Å²) >= 11 is 0. The van der Waals surface area contributed by atoms with Crippen LogP contribution in [0.15, 0.2) is 11.6 Å². The Hall–Kier alpha value is -1.32. The molecular formula is C10H15NO3. The highest BCUT2D eigenvalue weighted by Gasteiger charge is 2.33. The molecule has 0 aromatic carbocycles. The second kappa shape index (κ2) is 4.26. The molecule has 4 heteroatoms. The molecule has 0 saturated carbocycles. The molecule has 1 N–H and O–H groups in total. The van der Waals surface area contributed by atoms with Crippen molar-refractivity contribution >= 4 is 11.9 Å². The quantitative estimate of drug-likeness (QED) is 0.687. The van der Waals surface area contributed by atoms with Gasteiger partial charge in [-0.15, -0.1) is 0 Å². The summed E-state index contributed by atoms with van der Waals surface area (Å²) in [7, 11) is 0. The summed E-state index contributed by atoms with van der Waals surface area (Å²) in [4.78, 5) is 23.8. The fourth-order valence-corrected chi connectivity index (χ4v) is 1.64. The summed E-state index contributed by atoms with van der Waals surface area (Å²) in [6.45, 7) is 4.09. The van der Waals surface area contributed by atoms with Crippen LogP contribution in [0.3, 0.4) is 0 Å². The topological polar surface area (TPSA) is 57.6 Å². The van der Waals surface area contributed by atoms with Crippen LogP contribution < -0.4 is 0 Å². The Morgan fingerprint density at radius 2 is 2.29 bits per heavy atom.